The molecule has 0 aliphatic rings. The van der Waals surface area contributed by atoms with Crippen LogP contribution >= 0.6 is 27.5 Å². The minimum atomic E-state index is 0.680. The van der Waals surface area contributed by atoms with Crippen molar-refractivity contribution in [3.05, 3.63) is 76.2 Å². The van der Waals surface area contributed by atoms with Gasteiger partial charge in [-0.1, -0.05) is 39.7 Å². The van der Waals surface area contributed by atoms with E-state index in [9.17, 15) is 0 Å². The average Bonchev–Trinajstić information content (AvgIpc) is 3.01. The molecule has 2 aromatic carbocycles. The van der Waals surface area contributed by atoms with Crippen LogP contribution in [0.2, 0.25) is 5.02 Å². The van der Waals surface area contributed by atoms with E-state index in [1.54, 1.807) is 12.5 Å². The first-order valence-electron chi connectivity index (χ1n) is 6.48. The van der Waals surface area contributed by atoms with E-state index in [-0.39, 0.29) is 0 Å². The van der Waals surface area contributed by atoms with Gasteiger partial charge >= 0.3 is 0 Å². The van der Waals surface area contributed by atoms with E-state index >= 15 is 0 Å². The Hall–Kier alpha value is -1.78. The molecule has 0 saturated carbocycles. The quantitative estimate of drug-likeness (QED) is 0.715. The lowest BCUT2D eigenvalue weighted by Crippen LogP contribution is -2.01. The van der Waals surface area contributed by atoms with Crippen LogP contribution in [0.1, 0.15) is 5.56 Å². The van der Waals surface area contributed by atoms with Crippen LogP contribution < -0.4 is 5.32 Å². The van der Waals surface area contributed by atoms with Crippen molar-refractivity contribution in [1.29, 1.82) is 0 Å². The second kappa shape index (κ2) is 6.33. The Labute approximate surface area is 136 Å². The Balaban J connectivity index is 1.75. The fourth-order valence-electron chi connectivity index (χ4n) is 2.05. The van der Waals surface area contributed by atoms with E-state index in [4.69, 9.17) is 11.6 Å². The predicted molar refractivity (Wildman–Crippen MR) is 90.0 cm³/mol. The van der Waals surface area contributed by atoms with Gasteiger partial charge in [0, 0.05) is 39.8 Å². The lowest BCUT2D eigenvalue weighted by Gasteiger charge is -2.10. The standard InChI is InChI=1S/C16H13BrClN3/c17-13-5-4-12(16(18)8-13)10-20-14-2-1-3-15(9-14)21-7-6-19-11-21/h1-9,11,20H,10H2. The van der Waals surface area contributed by atoms with Gasteiger partial charge < -0.3 is 9.88 Å². The van der Waals surface area contributed by atoms with Crippen LogP contribution in [0.4, 0.5) is 5.69 Å². The van der Waals surface area contributed by atoms with Gasteiger partial charge in [-0.15, -0.1) is 0 Å². The number of nitrogens with zero attached hydrogens (tertiary/aromatic N) is 2. The minimum absolute atomic E-state index is 0.680. The summed E-state index contributed by atoms with van der Waals surface area (Å²) in [5.41, 5.74) is 3.17. The van der Waals surface area contributed by atoms with Crippen LogP contribution in [0.5, 0.6) is 0 Å². The van der Waals surface area contributed by atoms with E-state index in [2.05, 4.69) is 32.3 Å². The summed E-state index contributed by atoms with van der Waals surface area (Å²) in [5, 5.41) is 4.14. The second-order valence-corrected chi connectivity index (χ2v) is 5.93. The van der Waals surface area contributed by atoms with Crippen LogP contribution in [0, 0.1) is 0 Å². The first kappa shape index (κ1) is 14.2. The summed E-state index contributed by atoms with van der Waals surface area (Å²) < 4.78 is 2.95. The van der Waals surface area contributed by atoms with Crippen molar-refractivity contribution in [1.82, 2.24) is 9.55 Å². The van der Waals surface area contributed by atoms with Gasteiger partial charge in [0.25, 0.3) is 0 Å². The Morgan fingerprint density at radius 3 is 2.86 bits per heavy atom. The van der Waals surface area contributed by atoms with Crippen molar-refractivity contribution in [3.8, 4) is 5.69 Å². The van der Waals surface area contributed by atoms with Gasteiger partial charge in [0.05, 0.1) is 6.33 Å². The summed E-state index contributed by atoms with van der Waals surface area (Å²) in [5.74, 6) is 0. The minimum Gasteiger partial charge on any atom is -0.381 e. The maximum atomic E-state index is 6.23. The molecule has 0 bridgehead atoms. The van der Waals surface area contributed by atoms with Gasteiger partial charge in [-0.2, -0.15) is 0 Å². The van der Waals surface area contributed by atoms with Gasteiger partial charge in [-0.05, 0) is 35.9 Å². The molecule has 5 heteroatoms. The highest BCUT2D eigenvalue weighted by molar-refractivity contribution is 9.10. The summed E-state index contributed by atoms with van der Waals surface area (Å²) in [6.45, 7) is 0.680. The van der Waals surface area contributed by atoms with Crippen molar-refractivity contribution >= 4 is 33.2 Å². The van der Waals surface area contributed by atoms with E-state index in [1.165, 1.54) is 0 Å². The second-order valence-electron chi connectivity index (χ2n) is 4.61. The molecule has 0 atom stereocenters. The summed E-state index contributed by atoms with van der Waals surface area (Å²) in [6, 6.07) is 14.1. The maximum absolute atomic E-state index is 6.23. The molecule has 21 heavy (non-hydrogen) atoms. The molecule has 0 saturated heterocycles. The van der Waals surface area contributed by atoms with E-state index < -0.39 is 0 Å². The topological polar surface area (TPSA) is 29.9 Å². The van der Waals surface area contributed by atoms with Crippen molar-refractivity contribution in [3.63, 3.8) is 0 Å². The largest absolute Gasteiger partial charge is 0.381 e. The maximum Gasteiger partial charge on any atom is 0.0991 e. The number of hydrogen-bond acceptors (Lipinski definition) is 2. The number of nitrogens with one attached hydrogen (secondary N) is 1. The molecular weight excluding hydrogens is 350 g/mol. The molecular formula is C16H13BrClN3. The highest BCUT2D eigenvalue weighted by Crippen LogP contribution is 2.23. The highest BCUT2D eigenvalue weighted by atomic mass is 79.9. The van der Waals surface area contributed by atoms with Crippen LogP contribution in [0.3, 0.4) is 0 Å². The van der Waals surface area contributed by atoms with Crippen molar-refractivity contribution in [2.45, 2.75) is 6.54 Å². The number of halogens is 2. The number of benzene rings is 2. The Morgan fingerprint density at radius 1 is 1.19 bits per heavy atom. The first-order chi connectivity index (χ1) is 10.2. The van der Waals surface area contributed by atoms with Crippen LogP contribution in [0.15, 0.2) is 65.7 Å². The van der Waals surface area contributed by atoms with E-state index in [0.29, 0.717) is 6.54 Å². The number of hydrogen-bond donors (Lipinski definition) is 1. The van der Waals surface area contributed by atoms with Gasteiger partial charge in [0.1, 0.15) is 0 Å². The number of anilines is 1. The molecule has 3 nitrogen and oxygen atoms in total. The van der Waals surface area contributed by atoms with E-state index in [0.717, 1.165) is 26.4 Å². The third-order valence-corrected chi connectivity index (χ3v) is 3.99. The lowest BCUT2D eigenvalue weighted by atomic mass is 10.2. The molecule has 1 N–H and O–H groups in total. The van der Waals surface area contributed by atoms with Crippen molar-refractivity contribution in [2.24, 2.45) is 0 Å². The van der Waals surface area contributed by atoms with Crippen LogP contribution in [-0.2, 0) is 6.54 Å². The van der Waals surface area contributed by atoms with Crippen molar-refractivity contribution < 1.29 is 0 Å². The normalized spacial score (nSPS) is 10.6. The fourth-order valence-corrected chi connectivity index (χ4v) is 2.79. The van der Waals surface area contributed by atoms with Gasteiger partial charge in [0.15, 0.2) is 0 Å². The Morgan fingerprint density at radius 2 is 2.10 bits per heavy atom. The molecule has 0 radical (unpaired) electrons. The Bertz CT molecular complexity index is 741. The number of rotatable bonds is 4. The fraction of sp³-hybridized carbons (Fsp3) is 0.0625. The van der Waals surface area contributed by atoms with E-state index in [1.807, 2.05) is 47.2 Å². The number of imidazole rings is 1. The molecule has 106 valence electrons. The predicted octanol–water partition coefficient (Wildman–Crippen LogP) is 4.90. The molecule has 1 aromatic heterocycles. The zero-order valence-electron chi connectivity index (χ0n) is 11.1. The molecule has 3 aromatic rings. The summed E-state index contributed by atoms with van der Waals surface area (Å²) in [6.07, 6.45) is 5.47. The summed E-state index contributed by atoms with van der Waals surface area (Å²) in [7, 11) is 0. The van der Waals surface area contributed by atoms with Gasteiger partial charge in [0.2, 0.25) is 0 Å². The van der Waals surface area contributed by atoms with Gasteiger partial charge in [-0.3, -0.25) is 0 Å². The molecule has 3 rings (SSSR count). The molecule has 0 unspecified atom stereocenters. The Kier molecular flexibility index (Phi) is 4.27. The molecule has 0 aliphatic heterocycles. The van der Waals surface area contributed by atoms with Crippen LogP contribution in [0.25, 0.3) is 5.69 Å². The highest BCUT2D eigenvalue weighted by Gasteiger charge is 2.02. The smallest absolute Gasteiger partial charge is 0.0991 e. The molecule has 1 heterocycles. The van der Waals surface area contributed by atoms with Crippen molar-refractivity contribution in [2.75, 3.05) is 5.32 Å². The lowest BCUT2D eigenvalue weighted by molar-refractivity contribution is 1.05. The molecule has 0 aliphatic carbocycles. The monoisotopic (exact) mass is 361 g/mol. The molecule has 0 amide bonds. The SMILES string of the molecule is Clc1cc(Br)ccc1CNc1cccc(-n2ccnc2)c1. The van der Waals surface area contributed by atoms with Crippen LogP contribution in [-0.4, -0.2) is 9.55 Å². The third kappa shape index (κ3) is 3.46. The average molecular weight is 363 g/mol. The molecule has 0 spiro atoms. The summed E-state index contributed by atoms with van der Waals surface area (Å²) in [4.78, 5) is 4.06. The zero-order valence-corrected chi connectivity index (χ0v) is 13.5. The first-order valence-corrected chi connectivity index (χ1v) is 7.66. The molecule has 0 fully saturated rings. The van der Waals surface area contributed by atoms with Gasteiger partial charge in [-0.25, -0.2) is 4.98 Å². The third-order valence-electron chi connectivity index (χ3n) is 3.15. The zero-order chi connectivity index (χ0) is 14.7. The number of aromatic nitrogens is 2. The summed E-state index contributed by atoms with van der Waals surface area (Å²) >= 11 is 9.64.